The van der Waals surface area contributed by atoms with Crippen molar-refractivity contribution in [1.82, 2.24) is 0 Å². The zero-order valence-corrected chi connectivity index (χ0v) is 13.5. The second-order valence-corrected chi connectivity index (χ2v) is 4.70. The molecule has 18 heavy (non-hydrogen) atoms. The third-order valence-electron chi connectivity index (χ3n) is 2.31. The van der Waals surface area contributed by atoms with E-state index in [1.54, 1.807) is 13.0 Å². The molecule has 0 aliphatic heterocycles. The first-order valence-electron chi connectivity index (χ1n) is 4.84. The fourth-order valence-corrected chi connectivity index (χ4v) is 2.22. The average molecular weight is 276 g/mol. The average Bonchev–Trinajstić information content (AvgIpc) is 2.25. The second-order valence-electron chi connectivity index (χ2n) is 3.35. The molecule has 0 N–H and O–H groups in total. The number of allylic oxidation sites excluding steroid dienone is 2. The van der Waals surface area contributed by atoms with Crippen LogP contribution in [-0.2, 0) is 10.1 Å². The molecule has 92 valence electrons. The van der Waals surface area contributed by atoms with Gasteiger partial charge in [-0.1, -0.05) is 24.8 Å². The van der Waals surface area contributed by atoms with Gasteiger partial charge in [0.1, 0.15) is 15.9 Å². The van der Waals surface area contributed by atoms with Crippen molar-refractivity contribution >= 4 is 16.2 Å². The van der Waals surface area contributed by atoms with E-state index < -0.39 is 10.1 Å². The van der Waals surface area contributed by atoms with Crippen LogP contribution in [-0.4, -0.2) is 20.1 Å². The smallest absolute Gasteiger partial charge is 0.744 e. The molecule has 0 saturated carbocycles. The van der Waals surface area contributed by atoms with Crippen LogP contribution >= 0.6 is 0 Å². The molecule has 0 radical (unpaired) electrons. The van der Waals surface area contributed by atoms with Crippen molar-refractivity contribution in [1.29, 1.82) is 0 Å². The monoisotopic (exact) mass is 276 g/mol. The normalized spacial score (nSPS) is 11.1. The van der Waals surface area contributed by atoms with Gasteiger partial charge in [0.05, 0.1) is 12.0 Å². The third kappa shape index (κ3) is 3.96. The molecule has 1 rings (SSSR count). The fourth-order valence-electron chi connectivity index (χ4n) is 1.49. The van der Waals surface area contributed by atoms with Crippen molar-refractivity contribution in [2.24, 2.45) is 0 Å². The van der Waals surface area contributed by atoms with Crippen molar-refractivity contribution in [3.8, 4) is 5.75 Å². The molecule has 0 fully saturated rings. The molecule has 0 heterocycles. The molecule has 1 aromatic carbocycles. The van der Waals surface area contributed by atoms with Crippen molar-refractivity contribution in [3.05, 3.63) is 42.0 Å². The van der Waals surface area contributed by atoms with E-state index in [4.69, 9.17) is 4.74 Å². The minimum Gasteiger partial charge on any atom is -0.744 e. The fraction of sp³-hybridized carbons (Fsp3) is 0.167. The van der Waals surface area contributed by atoms with Gasteiger partial charge < -0.3 is 9.29 Å². The zero-order valence-electron chi connectivity index (χ0n) is 10.6. The first kappa shape index (κ1) is 17.4. The maximum atomic E-state index is 11.1. The molecule has 0 atom stereocenters. The number of benzene rings is 1. The molecular formula is C12H13NaO4S. The summed E-state index contributed by atoms with van der Waals surface area (Å²) in [5.41, 5.74) is 0.932. The van der Waals surface area contributed by atoms with Crippen molar-refractivity contribution < 1.29 is 47.3 Å². The standard InChI is InChI=1S/C12H14O4S.Na/c1-4-5-6-10-9(2)11(16-3)7-8-12(10)17(13,14)15;/h4-8H,1H2,2-3H3,(H,13,14,15);/q;+1/p-1/b6-5-;. The van der Waals surface area contributed by atoms with Crippen LogP contribution in [0.2, 0.25) is 0 Å². The maximum Gasteiger partial charge on any atom is 1.00 e. The summed E-state index contributed by atoms with van der Waals surface area (Å²) in [4.78, 5) is -0.256. The van der Waals surface area contributed by atoms with E-state index in [9.17, 15) is 13.0 Å². The molecule has 0 bridgehead atoms. The Labute approximate surface area is 129 Å². The number of hydrogen-bond acceptors (Lipinski definition) is 4. The van der Waals surface area contributed by atoms with Gasteiger partial charge in [0.15, 0.2) is 0 Å². The maximum absolute atomic E-state index is 11.1. The Bertz CT molecular complexity index is 562. The Morgan fingerprint density at radius 3 is 2.44 bits per heavy atom. The number of hydrogen-bond donors (Lipinski definition) is 0. The van der Waals surface area contributed by atoms with Gasteiger partial charge >= 0.3 is 29.6 Å². The molecule has 4 nitrogen and oxygen atoms in total. The molecule has 0 aliphatic rings. The van der Waals surface area contributed by atoms with Gasteiger partial charge in [0, 0.05) is 0 Å². The largest absolute Gasteiger partial charge is 1.00 e. The Morgan fingerprint density at radius 1 is 1.39 bits per heavy atom. The summed E-state index contributed by atoms with van der Waals surface area (Å²) in [5.74, 6) is 0.529. The van der Waals surface area contributed by atoms with Crippen LogP contribution in [0.4, 0.5) is 0 Å². The Hall–Kier alpha value is -0.590. The first-order chi connectivity index (χ1) is 7.91. The summed E-state index contributed by atoms with van der Waals surface area (Å²) in [6.45, 7) is 5.18. The van der Waals surface area contributed by atoms with Crippen molar-refractivity contribution in [2.45, 2.75) is 11.8 Å². The molecule has 0 saturated heterocycles. The van der Waals surface area contributed by atoms with Gasteiger partial charge in [-0.15, -0.1) is 0 Å². The van der Waals surface area contributed by atoms with E-state index >= 15 is 0 Å². The Kier molecular flexibility index (Phi) is 6.88. The van der Waals surface area contributed by atoms with Crippen LogP contribution in [0.3, 0.4) is 0 Å². The van der Waals surface area contributed by atoms with Gasteiger partial charge in [-0.05, 0) is 30.2 Å². The molecule has 0 unspecified atom stereocenters. The second kappa shape index (κ2) is 7.11. The summed E-state index contributed by atoms with van der Waals surface area (Å²) in [5, 5.41) is 0. The van der Waals surface area contributed by atoms with Crippen molar-refractivity contribution in [3.63, 3.8) is 0 Å². The van der Waals surface area contributed by atoms with E-state index in [0.717, 1.165) is 0 Å². The quantitative estimate of drug-likeness (QED) is 0.406. The summed E-state index contributed by atoms with van der Waals surface area (Å²) in [6.07, 6.45) is 4.59. The SMILES string of the molecule is C=C/C=C\c1c(S(=O)(=O)[O-])ccc(OC)c1C.[Na+]. The van der Waals surface area contributed by atoms with Crippen LogP contribution in [0.15, 0.2) is 35.8 Å². The summed E-state index contributed by atoms with van der Waals surface area (Å²) in [6, 6.07) is 2.71. The summed E-state index contributed by atoms with van der Waals surface area (Å²) >= 11 is 0. The molecule has 1 aromatic rings. The van der Waals surface area contributed by atoms with Gasteiger partial charge in [-0.25, -0.2) is 8.42 Å². The van der Waals surface area contributed by atoms with Crippen LogP contribution in [0.5, 0.6) is 5.75 Å². The Morgan fingerprint density at radius 2 is 2.00 bits per heavy atom. The van der Waals surface area contributed by atoms with Gasteiger partial charge in [0.25, 0.3) is 0 Å². The Balaban J connectivity index is 0.00000289. The number of rotatable bonds is 4. The van der Waals surface area contributed by atoms with Crippen molar-refractivity contribution in [2.75, 3.05) is 7.11 Å². The molecule has 0 aromatic heterocycles. The molecule has 0 spiro atoms. The number of methoxy groups -OCH3 is 1. The third-order valence-corrected chi connectivity index (χ3v) is 3.21. The van der Waals surface area contributed by atoms with E-state index in [2.05, 4.69) is 6.58 Å². The van der Waals surface area contributed by atoms with Gasteiger partial charge in [-0.2, -0.15) is 0 Å². The van der Waals surface area contributed by atoms with Gasteiger partial charge in [-0.3, -0.25) is 0 Å². The number of ether oxygens (including phenoxy) is 1. The van der Waals surface area contributed by atoms with Crippen LogP contribution in [0, 0.1) is 6.92 Å². The molecule has 6 heteroatoms. The van der Waals surface area contributed by atoms with E-state index in [1.165, 1.54) is 31.4 Å². The minimum atomic E-state index is -4.50. The summed E-state index contributed by atoms with van der Waals surface area (Å²) in [7, 11) is -3.02. The summed E-state index contributed by atoms with van der Waals surface area (Å²) < 4.78 is 38.4. The van der Waals surface area contributed by atoms with Crippen LogP contribution in [0.1, 0.15) is 11.1 Å². The predicted molar refractivity (Wildman–Crippen MR) is 64.9 cm³/mol. The van der Waals surface area contributed by atoms with E-state index in [1.807, 2.05) is 0 Å². The zero-order chi connectivity index (χ0) is 13.1. The minimum absolute atomic E-state index is 0. The van der Waals surface area contributed by atoms with Crippen LogP contribution in [0.25, 0.3) is 6.08 Å². The van der Waals surface area contributed by atoms with E-state index in [0.29, 0.717) is 16.9 Å². The van der Waals surface area contributed by atoms with Crippen LogP contribution < -0.4 is 34.3 Å². The topological polar surface area (TPSA) is 66.4 Å². The van der Waals surface area contributed by atoms with E-state index in [-0.39, 0.29) is 34.5 Å². The molecular weight excluding hydrogens is 263 g/mol. The van der Waals surface area contributed by atoms with Gasteiger partial charge in [0.2, 0.25) is 0 Å². The molecule has 0 amide bonds. The predicted octanol–water partition coefficient (Wildman–Crippen LogP) is -0.889. The first-order valence-corrected chi connectivity index (χ1v) is 6.25. The molecule has 0 aliphatic carbocycles.